The van der Waals surface area contributed by atoms with Crippen LogP contribution in [0.25, 0.3) is 11.3 Å². The summed E-state index contributed by atoms with van der Waals surface area (Å²) in [7, 11) is 0. The molecule has 2 atom stereocenters. The lowest BCUT2D eigenvalue weighted by atomic mass is 9.84. The highest BCUT2D eigenvalue weighted by molar-refractivity contribution is 5.77. The number of benzene rings is 2. The Morgan fingerprint density at radius 2 is 1.97 bits per heavy atom. The van der Waals surface area contributed by atoms with Crippen LogP contribution in [0.15, 0.2) is 54.7 Å². The summed E-state index contributed by atoms with van der Waals surface area (Å²) in [6.07, 6.45) is 4.48. The molecule has 1 fully saturated rings. The van der Waals surface area contributed by atoms with Crippen LogP contribution in [0.5, 0.6) is 0 Å². The van der Waals surface area contributed by atoms with Gasteiger partial charge in [0.1, 0.15) is 24.1 Å². The monoisotopic (exact) mass is 525 g/mol. The fraction of sp³-hybridized carbons (Fsp3) is 0.467. The van der Waals surface area contributed by atoms with Crippen LogP contribution >= 0.6 is 0 Å². The fourth-order valence-electron chi connectivity index (χ4n) is 5.22. The zero-order valence-electron chi connectivity index (χ0n) is 22.4. The van der Waals surface area contributed by atoms with Crippen LogP contribution in [0.4, 0.5) is 8.78 Å². The number of carbonyl (C=O) groups excluding carboxylic acids is 1. The summed E-state index contributed by atoms with van der Waals surface area (Å²) in [5, 5.41) is 9.92. The van der Waals surface area contributed by atoms with Crippen LogP contribution in [0.2, 0.25) is 0 Å². The highest BCUT2D eigenvalue weighted by Gasteiger charge is 2.38. The first-order valence-corrected chi connectivity index (χ1v) is 13.2. The zero-order chi connectivity index (χ0) is 27.3. The molecule has 1 saturated heterocycles. The van der Waals surface area contributed by atoms with Gasteiger partial charge in [-0.25, -0.2) is 13.8 Å². The molecule has 0 spiro atoms. The lowest BCUT2D eigenvalue weighted by Crippen LogP contribution is -2.45. The minimum absolute atomic E-state index is 0.0603. The summed E-state index contributed by atoms with van der Waals surface area (Å²) in [5.41, 5.74) is 0.875. The molecule has 6 nitrogen and oxygen atoms in total. The standard InChI is InChI=1S/C30H37F2N3O3/c1-30(2,3)28(35(27(37)19-36)14-13-22-10-7-15-38-20-22)29-33-26(24-16-23(31)11-12-25(24)32)18-34(29)17-21-8-5-4-6-9-21/h4-6,8-9,11-12,16,18,22,28,36H,7,10,13-15,17,19-20H2,1-3H3/t22-,28-/m0/s1. The molecule has 0 saturated carbocycles. The van der Waals surface area contributed by atoms with Gasteiger partial charge in [-0.2, -0.15) is 0 Å². The summed E-state index contributed by atoms with van der Waals surface area (Å²) < 4.78 is 36.4. The summed E-state index contributed by atoms with van der Waals surface area (Å²) in [6.45, 7) is 7.71. The number of aliphatic hydroxyl groups excluding tert-OH is 1. The molecule has 0 radical (unpaired) electrons. The Kier molecular flexibility index (Phi) is 8.95. The molecule has 204 valence electrons. The Morgan fingerprint density at radius 1 is 1.21 bits per heavy atom. The number of imidazole rings is 1. The molecule has 1 aromatic heterocycles. The molecule has 3 aromatic rings. The van der Waals surface area contributed by atoms with Crippen LogP contribution in [0.3, 0.4) is 0 Å². The topological polar surface area (TPSA) is 67.6 Å². The molecule has 1 aliphatic heterocycles. The highest BCUT2D eigenvalue weighted by Crippen LogP contribution is 2.40. The number of hydrogen-bond acceptors (Lipinski definition) is 4. The third kappa shape index (κ3) is 6.66. The van der Waals surface area contributed by atoms with Crippen molar-refractivity contribution < 1.29 is 23.4 Å². The number of rotatable bonds is 9. The van der Waals surface area contributed by atoms with Gasteiger partial charge < -0.3 is 19.3 Å². The largest absolute Gasteiger partial charge is 0.387 e. The molecular weight excluding hydrogens is 488 g/mol. The molecule has 1 aliphatic rings. The number of aliphatic hydroxyl groups is 1. The maximum absolute atomic E-state index is 14.8. The van der Waals surface area contributed by atoms with Crippen LogP contribution in [0.1, 0.15) is 57.5 Å². The van der Waals surface area contributed by atoms with E-state index in [2.05, 4.69) is 0 Å². The second-order valence-corrected chi connectivity index (χ2v) is 11.1. The maximum Gasteiger partial charge on any atom is 0.248 e. The predicted octanol–water partition coefficient (Wildman–Crippen LogP) is 5.60. The highest BCUT2D eigenvalue weighted by atomic mass is 19.1. The van der Waals surface area contributed by atoms with E-state index >= 15 is 0 Å². The van der Waals surface area contributed by atoms with Crippen molar-refractivity contribution in [2.45, 2.75) is 52.6 Å². The molecule has 0 aliphatic carbocycles. The van der Waals surface area contributed by atoms with Crippen molar-refractivity contribution >= 4 is 5.91 Å². The lowest BCUT2D eigenvalue weighted by molar-refractivity contribution is -0.140. The Labute approximate surface area is 223 Å². The average Bonchev–Trinajstić information content (AvgIpc) is 3.30. The number of aromatic nitrogens is 2. The van der Waals surface area contributed by atoms with Crippen molar-refractivity contribution in [1.82, 2.24) is 14.5 Å². The second-order valence-electron chi connectivity index (χ2n) is 11.1. The van der Waals surface area contributed by atoms with E-state index in [0.717, 1.165) is 49.6 Å². The minimum atomic E-state index is -0.626. The first-order chi connectivity index (χ1) is 18.2. The molecule has 8 heteroatoms. The van der Waals surface area contributed by atoms with E-state index in [9.17, 15) is 18.7 Å². The maximum atomic E-state index is 14.8. The normalized spacial score (nSPS) is 16.8. The van der Waals surface area contributed by atoms with Gasteiger partial charge in [-0.05, 0) is 54.4 Å². The third-order valence-corrected chi connectivity index (χ3v) is 7.07. The molecule has 1 amide bonds. The molecule has 2 aromatic carbocycles. The van der Waals surface area contributed by atoms with Crippen molar-refractivity contribution in [2.24, 2.45) is 11.3 Å². The predicted molar refractivity (Wildman–Crippen MR) is 142 cm³/mol. The first kappa shape index (κ1) is 27.9. The number of carbonyl (C=O) groups is 1. The van der Waals surface area contributed by atoms with E-state index in [0.29, 0.717) is 37.1 Å². The van der Waals surface area contributed by atoms with Crippen LogP contribution in [-0.4, -0.2) is 51.8 Å². The van der Waals surface area contributed by atoms with Gasteiger partial charge in [0.05, 0.1) is 11.7 Å². The molecule has 4 rings (SSSR count). The van der Waals surface area contributed by atoms with Gasteiger partial charge in [-0.15, -0.1) is 0 Å². The van der Waals surface area contributed by atoms with Crippen LogP contribution < -0.4 is 0 Å². The Balaban J connectivity index is 1.80. The number of halogens is 2. The van der Waals surface area contributed by atoms with Gasteiger partial charge in [0.25, 0.3) is 0 Å². The second kappa shape index (κ2) is 12.2. The number of amides is 1. The van der Waals surface area contributed by atoms with Crippen LogP contribution in [0, 0.1) is 23.0 Å². The number of nitrogens with zero attached hydrogens (tertiary/aromatic N) is 3. The molecule has 0 bridgehead atoms. The van der Waals surface area contributed by atoms with Crippen LogP contribution in [-0.2, 0) is 16.1 Å². The Morgan fingerprint density at radius 3 is 2.63 bits per heavy atom. The number of hydrogen-bond donors (Lipinski definition) is 1. The summed E-state index contributed by atoms with van der Waals surface area (Å²) >= 11 is 0. The number of ether oxygens (including phenoxy) is 1. The smallest absolute Gasteiger partial charge is 0.248 e. The molecule has 1 N–H and O–H groups in total. The SMILES string of the molecule is CC(C)(C)[C@H](c1nc(-c2cc(F)ccc2F)cn1Cc1ccccc1)N(CC[C@@H]1CCCOC1)C(=O)CO. The third-order valence-electron chi connectivity index (χ3n) is 7.07. The summed E-state index contributed by atoms with van der Waals surface area (Å²) in [6, 6.07) is 12.6. The first-order valence-electron chi connectivity index (χ1n) is 13.2. The summed E-state index contributed by atoms with van der Waals surface area (Å²) in [5.74, 6) is -0.634. The van der Waals surface area contributed by atoms with Gasteiger partial charge in [-0.3, -0.25) is 4.79 Å². The van der Waals surface area contributed by atoms with Gasteiger partial charge in [0.2, 0.25) is 5.91 Å². The van der Waals surface area contributed by atoms with Crippen molar-refractivity contribution in [3.05, 3.63) is 77.8 Å². The zero-order valence-corrected chi connectivity index (χ0v) is 22.4. The Bertz CT molecular complexity index is 1220. The molecular formula is C30H37F2N3O3. The van der Waals surface area contributed by atoms with E-state index < -0.39 is 35.6 Å². The Hall–Kier alpha value is -3.10. The quantitative estimate of drug-likeness (QED) is 0.395. The van der Waals surface area contributed by atoms with Crippen molar-refractivity contribution in [3.63, 3.8) is 0 Å². The minimum Gasteiger partial charge on any atom is -0.387 e. The molecule has 0 unspecified atom stereocenters. The van der Waals surface area contributed by atoms with Gasteiger partial charge in [-0.1, -0.05) is 51.1 Å². The molecule has 38 heavy (non-hydrogen) atoms. The van der Waals surface area contributed by atoms with Crippen molar-refractivity contribution in [3.8, 4) is 11.3 Å². The van der Waals surface area contributed by atoms with E-state index in [1.165, 1.54) is 0 Å². The summed E-state index contributed by atoms with van der Waals surface area (Å²) in [4.78, 5) is 19.7. The van der Waals surface area contributed by atoms with Gasteiger partial charge in [0.15, 0.2) is 0 Å². The lowest BCUT2D eigenvalue weighted by Gasteiger charge is -2.40. The van der Waals surface area contributed by atoms with E-state index in [1.54, 1.807) is 11.1 Å². The van der Waals surface area contributed by atoms with Gasteiger partial charge >= 0.3 is 0 Å². The van der Waals surface area contributed by atoms with E-state index in [1.807, 2.05) is 55.7 Å². The molecule has 2 heterocycles. The van der Waals surface area contributed by atoms with E-state index in [4.69, 9.17) is 9.72 Å². The van der Waals surface area contributed by atoms with E-state index in [-0.39, 0.29) is 5.56 Å². The fourth-order valence-corrected chi connectivity index (χ4v) is 5.22. The van der Waals surface area contributed by atoms with Crippen molar-refractivity contribution in [1.29, 1.82) is 0 Å². The van der Waals surface area contributed by atoms with Gasteiger partial charge in [0, 0.05) is 38.1 Å². The van der Waals surface area contributed by atoms with Crippen molar-refractivity contribution in [2.75, 3.05) is 26.4 Å². The average molecular weight is 526 g/mol.